The van der Waals surface area contributed by atoms with Crippen molar-refractivity contribution in [2.75, 3.05) is 44.8 Å². The number of carbonyl (C=O) groups excluding carboxylic acids is 2. The minimum absolute atomic E-state index is 0.0348. The first kappa shape index (κ1) is 21.7. The highest BCUT2D eigenvalue weighted by Crippen LogP contribution is 2.31. The third kappa shape index (κ3) is 4.79. The molecule has 9 heteroatoms. The highest BCUT2D eigenvalue weighted by molar-refractivity contribution is 7.89. The Morgan fingerprint density at radius 1 is 1.21 bits per heavy atom. The number of methoxy groups -OCH3 is 1. The summed E-state index contributed by atoms with van der Waals surface area (Å²) in [5, 5.41) is 2.82. The van der Waals surface area contributed by atoms with Crippen molar-refractivity contribution >= 4 is 27.5 Å². The highest BCUT2D eigenvalue weighted by Gasteiger charge is 2.33. The normalized spacial score (nSPS) is 18.3. The minimum atomic E-state index is -3.63. The number of sulfonamides is 1. The number of hydrogen-bond donors (Lipinski definition) is 1. The third-order valence-corrected chi connectivity index (χ3v) is 7.51. The molecule has 0 radical (unpaired) electrons. The van der Waals surface area contributed by atoms with Gasteiger partial charge in [-0.25, -0.2) is 8.42 Å². The lowest BCUT2D eigenvalue weighted by Crippen LogP contribution is -2.43. The van der Waals surface area contributed by atoms with Crippen molar-refractivity contribution in [1.82, 2.24) is 9.62 Å². The average Bonchev–Trinajstić information content (AvgIpc) is 2.73. The van der Waals surface area contributed by atoms with Gasteiger partial charge >= 0.3 is 0 Å². The van der Waals surface area contributed by atoms with Crippen LogP contribution in [0.2, 0.25) is 0 Å². The first-order valence-corrected chi connectivity index (χ1v) is 11.5. The van der Waals surface area contributed by atoms with Gasteiger partial charge in [-0.3, -0.25) is 9.59 Å². The van der Waals surface area contributed by atoms with Crippen LogP contribution in [0.5, 0.6) is 0 Å². The van der Waals surface area contributed by atoms with Gasteiger partial charge in [-0.1, -0.05) is 0 Å². The van der Waals surface area contributed by atoms with Gasteiger partial charge in [0.15, 0.2) is 0 Å². The smallest absolute Gasteiger partial charge is 0.243 e. The van der Waals surface area contributed by atoms with Gasteiger partial charge in [0, 0.05) is 51.8 Å². The zero-order valence-corrected chi connectivity index (χ0v) is 17.8. The Hall–Kier alpha value is -1.97. The van der Waals surface area contributed by atoms with Crippen LogP contribution in [-0.2, 0) is 30.8 Å². The molecule has 0 atom stereocenters. The maximum atomic E-state index is 13.1. The largest absolute Gasteiger partial charge is 0.383 e. The first-order chi connectivity index (χ1) is 13.8. The molecule has 1 aromatic rings. The van der Waals surface area contributed by atoms with Crippen LogP contribution < -0.4 is 10.2 Å². The summed E-state index contributed by atoms with van der Waals surface area (Å²) >= 11 is 0. The second-order valence-corrected chi connectivity index (χ2v) is 9.46. The lowest BCUT2D eigenvalue weighted by Gasteiger charge is -2.32. The monoisotopic (exact) mass is 423 g/mol. The maximum absolute atomic E-state index is 13.1. The predicted molar refractivity (Wildman–Crippen MR) is 109 cm³/mol. The molecule has 1 N–H and O–H groups in total. The summed E-state index contributed by atoms with van der Waals surface area (Å²) in [5.41, 5.74) is 1.69. The van der Waals surface area contributed by atoms with Crippen molar-refractivity contribution in [3.05, 3.63) is 23.8 Å². The Morgan fingerprint density at radius 3 is 2.59 bits per heavy atom. The Labute approximate surface area is 172 Å². The molecule has 1 fully saturated rings. The van der Waals surface area contributed by atoms with Gasteiger partial charge in [0.05, 0.1) is 11.5 Å². The zero-order chi connectivity index (χ0) is 21.0. The van der Waals surface area contributed by atoms with E-state index >= 15 is 0 Å². The van der Waals surface area contributed by atoms with E-state index in [9.17, 15) is 18.0 Å². The van der Waals surface area contributed by atoms with Crippen molar-refractivity contribution in [1.29, 1.82) is 0 Å². The number of nitrogens with zero attached hydrogens (tertiary/aromatic N) is 2. The molecule has 1 saturated heterocycles. The number of ether oxygens (including phenoxy) is 1. The second-order valence-electron chi connectivity index (χ2n) is 7.53. The van der Waals surface area contributed by atoms with Crippen LogP contribution in [0.1, 0.15) is 31.7 Å². The number of fused-ring (bicyclic) bond motifs is 1. The standard InChI is InChI=1S/C20H29N3O5S/c1-15(24)23-10-3-4-17-14-18(5-6-19(17)23)29(26,27)22-11-7-16(8-12-22)20(25)21-9-13-28-2/h5-6,14,16H,3-4,7-13H2,1-2H3,(H,21,25). The summed E-state index contributed by atoms with van der Waals surface area (Å²) in [6.07, 6.45) is 2.58. The second kappa shape index (κ2) is 9.23. The van der Waals surface area contributed by atoms with Crippen LogP contribution >= 0.6 is 0 Å². The zero-order valence-electron chi connectivity index (χ0n) is 17.0. The fraction of sp³-hybridized carbons (Fsp3) is 0.600. The maximum Gasteiger partial charge on any atom is 0.243 e. The van der Waals surface area contributed by atoms with E-state index in [1.807, 2.05) is 0 Å². The fourth-order valence-electron chi connectivity index (χ4n) is 3.99. The molecule has 0 unspecified atom stereocenters. The molecule has 2 amide bonds. The van der Waals surface area contributed by atoms with Crippen molar-refractivity contribution in [3.8, 4) is 0 Å². The van der Waals surface area contributed by atoms with Gasteiger partial charge in [-0.05, 0) is 49.4 Å². The van der Waals surface area contributed by atoms with E-state index in [-0.39, 0.29) is 22.6 Å². The quantitative estimate of drug-likeness (QED) is 0.693. The summed E-state index contributed by atoms with van der Waals surface area (Å²) in [4.78, 5) is 25.9. The number of carbonyl (C=O) groups is 2. The van der Waals surface area contributed by atoms with E-state index in [0.717, 1.165) is 24.1 Å². The number of piperidine rings is 1. The number of amides is 2. The predicted octanol–water partition coefficient (Wildman–Crippen LogP) is 1.15. The molecule has 2 aliphatic rings. The molecular weight excluding hydrogens is 394 g/mol. The SMILES string of the molecule is COCCNC(=O)C1CCN(S(=O)(=O)c2ccc3c(c2)CCCN3C(C)=O)CC1. The van der Waals surface area contributed by atoms with Crippen molar-refractivity contribution in [2.45, 2.75) is 37.5 Å². The molecule has 29 heavy (non-hydrogen) atoms. The van der Waals surface area contributed by atoms with Crippen LogP contribution in [0.4, 0.5) is 5.69 Å². The molecule has 0 spiro atoms. The van der Waals surface area contributed by atoms with Gasteiger partial charge in [0.1, 0.15) is 0 Å². The average molecular weight is 424 g/mol. The fourth-order valence-corrected chi connectivity index (χ4v) is 5.51. The van der Waals surface area contributed by atoms with Crippen LogP contribution in [0.25, 0.3) is 0 Å². The van der Waals surface area contributed by atoms with E-state index < -0.39 is 10.0 Å². The minimum Gasteiger partial charge on any atom is -0.383 e. The van der Waals surface area contributed by atoms with E-state index in [4.69, 9.17) is 4.74 Å². The Kier molecular flexibility index (Phi) is 6.92. The molecule has 160 valence electrons. The van der Waals surface area contributed by atoms with E-state index in [1.165, 1.54) is 11.2 Å². The summed E-state index contributed by atoms with van der Waals surface area (Å²) < 4.78 is 32.6. The molecule has 0 bridgehead atoms. The van der Waals surface area contributed by atoms with Crippen molar-refractivity contribution in [2.24, 2.45) is 5.92 Å². The van der Waals surface area contributed by atoms with Gasteiger partial charge in [-0.2, -0.15) is 4.31 Å². The van der Waals surface area contributed by atoms with Gasteiger partial charge in [-0.15, -0.1) is 0 Å². The molecule has 8 nitrogen and oxygen atoms in total. The van der Waals surface area contributed by atoms with Crippen LogP contribution in [-0.4, -0.2) is 64.4 Å². The molecule has 2 aliphatic heterocycles. The Balaban J connectivity index is 1.68. The molecule has 1 aromatic carbocycles. The number of hydrogen-bond acceptors (Lipinski definition) is 5. The lowest BCUT2D eigenvalue weighted by molar-refractivity contribution is -0.126. The van der Waals surface area contributed by atoms with Crippen LogP contribution in [0, 0.1) is 5.92 Å². The number of anilines is 1. The summed E-state index contributed by atoms with van der Waals surface area (Å²) in [5.74, 6) is -0.254. The lowest BCUT2D eigenvalue weighted by atomic mass is 9.97. The molecule has 0 aromatic heterocycles. The first-order valence-electron chi connectivity index (χ1n) is 10.0. The molecule has 3 rings (SSSR count). The number of benzene rings is 1. The van der Waals surface area contributed by atoms with E-state index in [2.05, 4.69) is 5.32 Å². The van der Waals surface area contributed by atoms with E-state index in [1.54, 1.807) is 30.2 Å². The van der Waals surface area contributed by atoms with Gasteiger partial charge in [0.2, 0.25) is 21.8 Å². The van der Waals surface area contributed by atoms with Crippen molar-refractivity contribution < 1.29 is 22.7 Å². The number of rotatable bonds is 6. The Morgan fingerprint density at radius 2 is 1.93 bits per heavy atom. The summed E-state index contributed by atoms with van der Waals surface area (Å²) in [6.45, 7) is 3.74. The highest BCUT2D eigenvalue weighted by atomic mass is 32.2. The number of nitrogens with one attached hydrogen (secondary N) is 1. The summed E-state index contributed by atoms with van der Waals surface area (Å²) in [6, 6.07) is 5.01. The number of aryl methyl sites for hydroxylation is 1. The van der Waals surface area contributed by atoms with Crippen LogP contribution in [0.3, 0.4) is 0 Å². The van der Waals surface area contributed by atoms with Crippen molar-refractivity contribution in [3.63, 3.8) is 0 Å². The topological polar surface area (TPSA) is 96.0 Å². The molecule has 0 aliphatic carbocycles. The molecule has 0 saturated carbocycles. The Bertz CT molecular complexity index is 863. The molecular formula is C20H29N3O5S. The van der Waals surface area contributed by atoms with Gasteiger partial charge < -0.3 is 15.0 Å². The molecule has 2 heterocycles. The summed E-state index contributed by atoms with van der Waals surface area (Å²) in [7, 11) is -2.05. The van der Waals surface area contributed by atoms with Gasteiger partial charge in [0.25, 0.3) is 0 Å². The third-order valence-electron chi connectivity index (χ3n) is 5.62. The van der Waals surface area contributed by atoms with E-state index in [0.29, 0.717) is 45.6 Å². The van der Waals surface area contributed by atoms with Crippen LogP contribution in [0.15, 0.2) is 23.1 Å².